The van der Waals surface area contributed by atoms with Gasteiger partial charge in [0, 0.05) is 52.2 Å². The van der Waals surface area contributed by atoms with Gasteiger partial charge in [0.1, 0.15) is 11.6 Å². The van der Waals surface area contributed by atoms with Crippen LogP contribution in [0.2, 0.25) is 10.0 Å². The lowest BCUT2D eigenvalue weighted by atomic mass is 9.96. The lowest BCUT2D eigenvalue weighted by molar-refractivity contribution is -0.160. The van der Waals surface area contributed by atoms with E-state index < -0.39 is 56.8 Å². The standard InChI is InChI=1S/C16H13Cl2FN4O4S.C16H14ClFN4O5S/c1-16(12(18)24)6-10(20-27-16)7-4-11(9(19)5-8(7)17)23-13(25)21(2)15(28)22(3)14(23)26;1-16(12(23)24)6-10(19-27-16)7-4-11(9(18)5-8(7)17)22-13(25)20(2)15(28)21(3)14(22)26/h4-5H,6H2,1-3H3;4-5H,6H2,1-3H3,(H,23,24). The molecule has 2 unspecified atom stereocenters. The van der Waals surface area contributed by atoms with Gasteiger partial charge in [0.05, 0.1) is 32.8 Å². The van der Waals surface area contributed by atoms with E-state index in [1.54, 1.807) is 0 Å². The van der Waals surface area contributed by atoms with Crippen molar-refractivity contribution in [2.24, 2.45) is 38.5 Å². The van der Waals surface area contributed by atoms with E-state index in [-0.39, 0.29) is 66.4 Å². The number of aromatic nitrogens is 6. The number of aliphatic carboxylic acids is 1. The number of oxime groups is 2. The first kappa shape index (κ1) is 42.1. The van der Waals surface area contributed by atoms with Gasteiger partial charge in [-0.1, -0.05) is 33.5 Å². The molecular weight excluding hydrogens is 849 g/mol. The Kier molecular flexibility index (Phi) is 11.3. The summed E-state index contributed by atoms with van der Waals surface area (Å²) in [6.07, 6.45) is -0.162. The lowest BCUT2D eigenvalue weighted by Crippen LogP contribution is -2.44. The van der Waals surface area contributed by atoms with Gasteiger partial charge in [0.25, 0.3) is 5.24 Å². The van der Waals surface area contributed by atoms with E-state index in [0.717, 1.165) is 36.5 Å². The van der Waals surface area contributed by atoms with Crippen molar-refractivity contribution in [3.8, 4) is 11.4 Å². The number of halogens is 5. The molecule has 2 atom stereocenters. The molecule has 4 aromatic rings. The van der Waals surface area contributed by atoms with E-state index in [0.29, 0.717) is 9.13 Å². The maximum atomic E-state index is 14.6. The maximum absolute atomic E-state index is 14.6. The minimum absolute atomic E-state index is 0.0219. The van der Waals surface area contributed by atoms with Crippen LogP contribution in [-0.4, -0.2) is 66.3 Å². The summed E-state index contributed by atoms with van der Waals surface area (Å²) in [4.78, 5) is 83.1. The Balaban J connectivity index is 0.000000214. The smallest absolute Gasteiger partial charge is 0.351 e. The van der Waals surface area contributed by atoms with Crippen LogP contribution in [0.25, 0.3) is 11.4 Å². The monoisotopic (exact) mass is 874 g/mol. The number of carbonyl (C=O) groups is 2. The fourth-order valence-corrected chi connectivity index (χ4v) is 6.33. The van der Waals surface area contributed by atoms with E-state index in [1.165, 1.54) is 48.1 Å². The summed E-state index contributed by atoms with van der Waals surface area (Å²) in [6, 6.07) is 4.20. The van der Waals surface area contributed by atoms with E-state index in [2.05, 4.69) is 10.3 Å². The molecule has 2 aliphatic rings. The van der Waals surface area contributed by atoms with Crippen LogP contribution in [-0.2, 0) is 47.5 Å². The van der Waals surface area contributed by atoms with Crippen molar-refractivity contribution in [2.75, 3.05) is 0 Å². The van der Waals surface area contributed by atoms with Crippen molar-refractivity contribution >= 4 is 81.9 Å². The molecule has 0 aliphatic carbocycles. The molecule has 0 saturated heterocycles. The second-order valence-electron chi connectivity index (χ2n) is 12.8. The van der Waals surface area contributed by atoms with Gasteiger partial charge in [-0.2, -0.15) is 0 Å². The first-order chi connectivity index (χ1) is 25.9. The predicted molar refractivity (Wildman–Crippen MR) is 204 cm³/mol. The number of carboxylic acids is 1. The van der Waals surface area contributed by atoms with Crippen LogP contribution in [0.1, 0.15) is 37.8 Å². The number of nitrogens with zero attached hydrogens (tertiary/aromatic N) is 8. The SMILES string of the molecule is Cn1c(=S)n(C)c(=O)n(-c2cc(C3=NOC(C)(C(=O)Cl)C3)c(Cl)cc2F)c1=O.Cn1c(=S)n(C)c(=O)n(-c2cc(C3=NOC(C)(C(=O)O)C3)c(Cl)cc2F)c1=O. The fraction of sp³-hybridized carbons (Fsp3) is 0.312. The summed E-state index contributed by atoms with van der Waals surface area (Å²) < 4.78 is 34.5. The van der Waals surface area contributed by atoms with Crippen molar-refractivity contribution in [1.82, 2.24) is 27.4 Å². The number of hydrogen-bond donors (Lipinski definition) is 1. The molecular formula is C32H27Cl3F2N8O9S2. The zero-order valence-electron chi connectivity index (χ0n) is 29.7. The van der Waals surface area contributed by atoms with E-state index in [9.17, 15) is 42.7 Å². The topological polar surface area (TPSA) is 195 Å². The molecule has 0 radical (unpaired) electrons. The Bertz CT molecular complexity index is 2570. The highest BCUT2D eigenvalue weighted by atomic mass is 35.5. The normalized spacial score (nSPS) is 18.7. The van der Waals surface area contributed by atoms with Crippen molar-refractivity contribution in [1.29, 1.82) is 0 Å². The third-order valence-electron chi connectivity index (χ3n) is 8.83. The van der Waals surface area contributed by atoms with Gasteiger partial charge in [-0.25, -0.2) is 41.9 Å². The molecule has 0 amide bonds. The third-order valence-corrected chi connectivity index (χ3v) is 11.0. The molecule has 2 aliphatic heterocycles. The van der Waals surface area contributed by atoms with E-state index in [1.807, 2.05) is 0 Å². The maximum Gasteiger partial charge on any atom is 0.351 e. The van der Waals surface area contributed by atoms with Crippen LogP contribution in [0.5, 0.6) is 0 Å². The Hall–Kier alpha value is -5.09. The van der Waals surface area contributed by atoms with Crippen molar-refractivity contribution in [2.45, 2.75) is 37.9 Å². The molecule has 4 heterocycles. The summed E-state index contributed by atoms with van der Waals surface area (Å²) in [6.45, 7) is 2.77. The summed E-state index contributed by atoms with van der Waals surface area (Å²) in [5.41, 5.74) is -6.36. The zero-order chi connectivity index (χ0) is 41.9. The van der Waals surface area contributed by atoms with Crippen molar-refractivity contribution in [3.05, 3.63) is 109 Å². The van der Waals surface area contributed by atoms with Crippen LogP contribution in [0, 0.1) is 21.2 Å². The zero-order valence-corrected chi connectivity index (χ0v) is 33.6. The third kappa shape index (κ3) is 7.20. The number of benzene rings is 2. The molecule has 0 bridgehead atoms. The molecule has 0 saturated carbocycles. The molecule has 2 aromatic heterocycles. The highest BCUT2D eigenvalue weighted by Crippen LogP contribution is 2.33. The average Bonchev–Trinajstić information content (AvgIpc) is 3.74. The number of carbonyl (C=O) groups excluding carboxylic acids is 1. The highest BCUT2D eigenvalue weighted by molar-refractivity contribution is 7.71. The fourth-order valence-electron chi connectivity index (χ4n) is 5.40. The number of carboxylic acid groups (broad SMARTS) is 1. The molecule has 1 N–H and O–H groups in total. The second-order valence-corrected chi connectivity index (χ2v) is 14.7. The number of rotatable bonds is 6. The molecule has 24 heteroatoms. The van der Waals surface area contributed by atoms with Crippen LogP contribution in [0.15, 0.2) is 53.8 Å². The summed E-state index contributed by atoms with van der Waals surface area (Å²) >= 11 is 27.8. The number of hydrogen-bond acceptors (Lipinski definition) is 12. The molecule has 0 spiro atoms. The largest absolute Gasteiger partial charge is 0.478 e. The van der Waals surface area contributed by atoms with Gasteiger partial charge in [-0.15, -0.1) is 0 Å². The predicted octanol–water partition coefficient (Wildman–Crippen LogP) is 3.41. The highest BCUT2D eigenvalue weighted by Gasteiger charge is 2.43. The van der Waals surface area contributed by atoms with Crippen LogP contribution in [0.3, 0.4) is 0 Å². The minimum atomic E-state index is -1.60. The van der Waals surface area contributed by atoms with E-state index >= 15 is 0 Å². The van der Waals surface area contributed by atoms with Gasteiger partial charge in [-0.05, 0) is 74.1 Å². The van der Waals surface area contributed by atoms with Crippen LogP contribution in [0.4, 0.5) is 8.78 Å². The van der Waals surface area contributed by atoms with Gasteiger partial charge in [0.2, 0.25) is 11.2 Å². The van der Waals surface area contributed by atoms with E-state index in [4.69, 9.17) is 68.9 Å². The Morgan fingerprint density at radius 3 is 1.30 bits per heavy atom. The van der Waals surface area contributed by atoms with Gasteiger partial charge >= 0.3 is 28.7 Å². The van der Waals surface area contributed by atoms with Crippen LogP contribution >= 0.6 is 59.2 Å². The molecule has 56 heavy (non-hydrogen) atoms. The molecule has 6 rings (SSSR count). The van der Waals surface area contributed by atoms with Gasteiger partial charge in [-0.3, -0.25) is 23.1 Å². The van der Waals surface area contributed by atoms with Gasteiger partial charge < -0.3 is 14.8 Å². The first-order valence-corrected chi connectivity index (χ1v) is 17.6. The van der Waals surface area contributed by atoms with Crippen molar-refractivity contribution in [3.63, 3.8) is 0 Å². The summed E-state index contributed by atoms with van der Waals surface area (Å²) in [5, 5.41) is 15.9. The lowest BCUT2D eigenvalue weighted by Gasteiger charge is -2.15. The summed E-state index contributed by atoms with van der Waals surface area (Å²) in [5.74, 6) is -3.06. The molecule has 296 valence electrons. The first-order valence-electron chi connectivity index (χ1n) is 15.7. The van der Waals surface area contributed by atoms with Crippen LogP contribution < -0.4 is 22.8 Å². The average molecular weight is 876 g/mol. The quantitative estimate of drug-likeness (QED) is 0.220. The van der Waals surface area contributed by atoms with Crippen molar-refractivity contribution < 1.29 is 33.2 Å². The Labute approximate surface area is 337 Å². The molecule has 0 fully saturated rings. The molecule has 2 aromatic carbocycles. The Morgan fingerprint density at radius 1 is 0.696 bits per heavy atom. The minimum Gasteiger partial charge on any atom is -0.478 e. The Morgan fingerprint density at radius 2 is 1.02 bits per heavy atom. The summed E-state index contributed by atoms with van der Waals surface area (Å²) in [7, 11) is 5.43. The molecule has 17 nitrogen and oxygen atoms in total. The van der Waals surface area contributed by atoms with Gasteiger partial charge in [0.15, 0.2) is 9.54 Å². The second kappa shape index (κ2) is 15.1.